The summed E-state index contributed by atoms with van der Waals surface area (Å²) in [6.45, 7) is 0. The summed E-state index contributed by atoms with van der Waals surface area (Å²) in [6, 6.07) is 76.6. The highest BCUT2D eigenvalue weighted by atomic mass is 15.1. The van der Waals surface area contributed by atoms with E-state index in [9.17, 15) is 0 Å². The van der Waals surface area contributed by atoms with Crippen molar-refractivity contribution < 1.29 is 0 Å². The summed E-state index contributed by atoms with van der Waals surface area (Å²) in [5, 5.41) is 3.91. The molecule has 0 fully saturated rings. The van der Waals surface area contributed by atoms with Gasteiger partial charge in [-0.2, -0.15) is 0 Å². The number of anilines is 3. The molecule has 8 aromatic carbocycles. The van der Waals surface area contributed by atoms with Crippen molar-refractivity contribution in [2.75, 3.05) is 4.90 Å². The summed E-state index contributed by atoms with van der Waals surface area (Å²) in [4.78, 5) is 2.34. The van der Waals surface area contributed by atoms with Crippen molar-refractivity contribution in [1.82, 2.24) is 5.32 Å². The van der Waals surface area contributed by atoms with Crippen molar-refractivity contribution in [3.05, 3.63) is 246 Å². The van der Waals surface area contributed by atoms with Crippen molar-refractivity contribution in [3.8, 4) is 22.3 Å². The summed E-state index contributed by atoms with van der Waals surface area (Å²) in [5.74, 6) is 0. The van der Waals surface area contributed by atoms with Gasteiger partial charge >= 0.3 is 0 Å². The van der Waals surface area contributed by atoms with Crippen LogP contribution in [0.15, 0.2) is 218 Å². The number of hydrogen-bond acceptors (Lipinski definition) is 3. The zero-order chi connectivity index (χ0) is 37.7. The third kappa shape index (κ3) is 7.07. The molecule has 1 atom stereocenters. The van der Waals surface area contributed by atoms with Crippen LogP contribution in [0.25, 0.3) is 45.3 Å². The molecule has 3 nitrogen and oxygen atoms in total. The van der Waals surface area contributed by atoms with E-state index in [1.807, 2.05) is 6.07 Å². The average Bonchev–Trinajstić information content (AvgIpc) is 3.28. The highest BCUT2D eigenvalue weighted by Gasteiger charge is 2.26. The normalized spacial score (nSPS) is 13.5. The van der Waals surface area contributed by atoms with E-state index < -0.39 is 0 Å². The Morgan fingerprint density at radius 3 is 1.38 bits per heavy atom. The second kappa shape index (κ2) is 15.6. The number of nitrogens with one attached hydrogen (secondary N) is 1. The predicted octanol–water partition coefficient (Wildman–Crippen LogP) is 13.2. The van der Waals surface area contributed by atoms with E-state index >= 15 is 0 Å². The first-order chi connectivity index (χ1) is 27.7. The molecule has 0 spiro atoms. The van der Waals surface area contributed by atoms with E-state index in [-0.39, 0.29) is 6.04 Å². The van der Waals surface area contributed by atoms with Crippen molar-refractivity contribution in [3.63, 3.8) is 0 Å². The Bertz CT molecular complexity index is 2530. The van der Waals surface area contributed by atoms with Crippen LogP contribution in [0.4, 0.5) is 17.1 Å². The van der Waals surface area contributed by atoms with Crippen LogP contribution in [0.5, 0.6) is 0 Å². The van der Waals surface area contributed by atoms with Gasteiger partial charge in [0.15, 0.2) is 0 Å². The highest BCUT2D eigenvalue weighted by Crippen LogP contribution is 2.43. The molecule has 0 aromatic heterocycles. The number of nitrogens with two attached hydrogens (primary N) is 1. The smallest absolute Gasteiger partial charge is 0.0578 e. The van der Waals surface area contributed by atoms with Gasteiger partial charge < -0.3 is 16.0 Å². The number of nitrogens with zero attached hydrogens (tertiary/aromatic N) is 1. The Labute approximate surface area is 329 Å². The van der Waals surface area contributed by atoms with E-state index in [0.29, 0.717) is 0 Å². The largest absolute Gasteiger partial charge is 0.354 e. The topological polar surface area (TPSA) is 41.3 Å². The molecule has 3 N–H and O–H groups in total. The van der Waals surface area contributed by atoms with Gasteiger partial charge in [0.25, 0.3) is 0 Å². The Balaban J connectivity index is 1.24. The molecule has 3 heteroatoms. The minimum atomic E-state index is -0.389. The van der Waals surface area contributed by atoms with Crippen LogP contribution in [0.3, 0.4) is 0 Å². The first-order valence-electron chi connectivity index (χ1n) is 19.1. The van der Waals surface area contributed by atoms with E-state index in [1.54, 1.807) is 0 Å². The number of hydrogen-bond donors (Lipinski definition) is 2. The maximum absolute atomic E-state index is 7.32. The molecule has 0 amide bonds. The zero-order valence-electron chi connectivity index (χ0n) is 31.0. The SMILES string of the molecule is NC(/C(=C1\NC(c2ccccc2)=Cc2ccc(N(c3ccc(-c4ccccc4)cc3)c3ccc(-c4ccccc4)cc3)cc21)c1ccccc1)c1ccccc1. The Morgan fingerprint density at radius 2 is 0.857 bits per heavy atom. The van der Waals surface area contributed by atoms with Crippen molar-refractivity contribution in [2.24, 2.45) is 5.73 Å². The van der Waals surface area contributed by atoms with Crippen LogP contribution in [0, 0.1) is 0 Å². The number of benzene rings is 8. The van der Waals surface area contributed by atoms with Gasteiger partial charge in [-0.25, -0.2) is 0 Å². The van der Waals surface area contributed by atoms with Gasteiger partial charge in [0.1, 0.15) is 0 Å². The maximum atomic E-state index is 7.32. The molecule has 0 saturated heterocycles. The highest BCUT2D eigenvalue weighted by molar-refractivity contribution is 6.03. The second-order valence-corrected chi connectivity index (χ2v) is 14.0. The van der Waals surface area contributed by atoms with Crippen LogP contribution >= 0.6 is 0 Å². The maximum Gasteiger partial charge on any atom is 0.0578 e. The molecular formula is C53H41N3. The average molecular weight is 720 g/mol. The van der Waals surface area contributed by atoms with Crippen molar-refractivity contribution >= 4 is 40.1 Å². The molecule has 56 heavy (non-hydrogen) atoms. The van der Waals surface area contributed by atoms with Gasteiger partial charge in [-0.1, -0.05) is 182 Å². The molecule has 1 aliphatic rings. The van der Waals surface area contributed by atoms with Crippen molar-refractivity contribution in [1.29, 1.82) is 0 Å². The second-order valence-electron chi connectivity index (χ2n) is 14.0. The Kier molecular flexibility index (Phi) is 9.66. The van der Waals surface area contributed by atoms with Crippen LogP contribution in [0.2, 0.25) is 0 Å². The molecule has 268 valence electrons. The summed E-state index contributed by atoms with van der Waals surface area (Å²) in [6.07, 6.45) is 2.25. The molecule has 1 aliphatic heterocycles. The van der Waals surface area contributed by atoms with Gasteiger partial charge in [0.05, 0.1) is 11.7 Å². The number of rotatable bonds is 9. The van der Waals surface area contributed by atoms with Gasteiger partial charge in [0, 0.05) is 33.9 Å². The zero-order valence-corrected chi connectivity index (χ0v) is 31.0. The summed E-state index contributed by atoms with van der Waals surface area (Å²) in [7, 11) is 0. The Hall–Kier alpha value is -7.20. The fourth-order valence-corrected chi connectivity index (χ4v) is 7.64. The molecule has 9 rings (SSSR count). The molecule has 8 aromatic rings. The molecule has 1 unspecified atom stereocenters. The van der Waals surface area contributed by atoms with Crippen molar-refractivity contribution in [2.45, 2.75) is 6.04 Å². The minimum absolute atomic E-state index is 0.389. The van der Waals surface area contributed by atoms with Crippen LogP contribution in [0.1, 0.15) is 33.9 Å². The van der Waals surface area contributed by atoms with E-state index in [4.69, 9.17) is 5.73 Å². The molecule has 1 heterocycles. The van der Waals surface area contributed by atoms with E-state index in [2.05, 4.69) is 229 Å². The fourth-order valence-electron chi connectivity index (χ4n) is 7.64. The number of fused-ring (bicyclic) bond motifs is 1. The van der Waals surface area contributed by atoms with Crippen LogP contribution < -0.4 is 16.0 Å². The van der Waals surface area contributed by atoms with Gasteiger partial charge in [0.2, 0.25) is 0 Å². The molecular weight excluding hydrogens is 679 g/mol. The molecule has 0 saturated carbocycles. The molecule has 0 radical (unpaired) electrons. The predicted molar refractivity (Wildman–Crippen MR) is 236 cm³/mol. The lowest BCUT2D eigenvalue weighted by molar-refractivity contribution is 0.928. The minimum Gasteiger partial charge on any atom is -0.354 e. The monoisotopic (exact) mass is 719 g/mol. The van der Waals surface area contributed by atoms with E-state index in [0.717, 1.165) is 61.8 Å². The van der Waals surface area contributed by atoms with E-state index in [1.165, 1.54) is 22.3 Å². The Morgan fingerprint density at radius 1 is 0.429 bits per heavy atom. The summed E-state index contributed by atoms with van der Waals surface area (Å²) < 4.78 is 0. The quantitative estimate of drug-likeness (QED) is 0.156. The summed E-state index contributed by atoms with van der Waals surface area (Å²) >= 11 is 0. The lowest BCUT2D eigenvalue weighted by Crippen LogP contribution is -2.23. The third-order valence-electron chi connectivity index (χ3n) is 10.5. The van der Waals surface area contributed by atoms with Gasteiger partial charge in [-0.05, 0) is 87.0 Å². The third-order valence-corrected chi connectivity index (χ3v) is 10.5. The first kappa shape index (κ1) is 34.6. The summed E-state index contributed by atoms with van der Waals surface area (Å²) in [5.41, 5.74) is 23.7. The van der Waals surface area contributed by atoms with Crippen LogP contribution in [-0.2, 0) is 0 Å². The lowest BCUT2D eigenvalue weighted by atomic mass is 9.86. The molecule has 0 bridgehead atoms. The van der Waals surface area contributed by atoms with Gasteiger partial charge in [-0.15, -0.1) is 0 Å². The van der Waals surface area contributed by atoms with Crippen LogP contribution in [-0.4, -0.2) is 0 Å². The first-order valence-corrected chi connectivity index (χ1v) is 19.1. The fraction of sp³-hybridized carbons (Fsp3) is 0.0189. The lowest BCUT2D eigenvalue weighted by Gasteiger charge is -2.31. The molecule has 0 aliphatic carbocycles. The van der Waals surface area contributed by atoms with Gasteiger partial charge in [-0.3, -0.25) is 0 Å². The standard InChI is InChI=1S/C53H41N3/c54-52(44-24-14-5-15-25-44)51(43-22-12-4-13-23-43)53-49-37-48(35-30-45(49)36-50(55-53)42-20-10-3-11-21-42)56(46-31-26-40(27-32-46)38-16-6-1-7-17-38)47-33-28-41(29-34-47)39-18-8-2-9-19-39/h1-37,52,55H,54H2/b53-51-.